The van der Waals surface area contributed by atoms with Crippen molar-refractivity contribution < 1.29 is 17.9 Å². The number of ether oxygens (including phenoxy) is 1. The molecule has 0 bridgehead atoms. The van der Waals surface area contributed by atoms with E-state index in [2.05, 4.69) is 14.7 Å². The highest BCUT2D eigenvalue weighted by atomic mass is 35.5. The molecule has 0 amide bonds. The molecular formula is C24H22ClN3O4S. The van der Waals surface area contributed by atoms with Crippen LogP contribution in [-0.2, 0) is 14.8 Å². The van der Waals surface area contributed by atoms with E-state index in [4.69, 9.17) is 16.3 Å². The van der Waals surface area contributed by atoms with Gasteiger partial charge in [-0.2, -0.15) is 0 Å². The monoisotopic (exact) mass is 483 g/mol. The number of sulfonamides is 1. The van der Waals surface area contributed by atoms with Gasteiger partial charge in [-0.1, -0.05) is 48.0 Å². The largest absolute Gasteiger partial charge is 0.456 e. The van der Waals surface area contributed by atoms with Crippen molar-refractivity contribution in [3.8, 4) is 11.3 Å². The number of pyridine rings is 1. The van der Waals surface area contributed by atoms with Gasteiger partial charge in [0.2, 0.25) is 0 Å². The van der Waals surface area contributed by atoms with Crippen molar-refractivity contribution in [3.63, 3.8) is 0 Å². The molecule has 4 aromatic rings. The number of rotatable bonds is 5. The molecule has 0 unspecified atom stereocenters. The number of para-hydroxylation sites is 1. The molecule has 0 aliphatic rings. The number of nitrogens with one attached hydrogen (secondary N) is 2. The molecule has 0 saturated carbocycles. The van der Waals surface area contributed by atoms with Crippen LogP contribution < -0.4 is 4.72 Å². The Kier molecular flexibility index (Phi) is 5.90. The van der Waals surface area contributed by atoms with Crippen molar-refractivity contribution in [2.45, 2.75) is 31.3 Å². The minimum absolute atomic E-state index is 0.0202. The summed E-state index contributed by atoms with van der Waals surface area (Å²) in [7, 11) is -3.89. The number of esters is 1. The van der Waals surface area contributed by atoms with Crippen LogP contribution in [0.5, 0.6) is 0 Å². The maximum atomic E-state index is 13.1. The second-order valence-electron chi connectivity index (χ2n) is 8.40. The van der Waals surface area contributed by atoms with Gasteiger partial charge in [0.15, 0.2) is 5.15 Å². The highest BCUT2D eigenvalue weighted by molar-refractivity contribution is 7.92. The number of aromatic nitrogens is 2. The first-order valence-electron chi connectivity index (χ1n) is 10.1. The third-order valence-electron chi connectivity index (χ3n) is 4.73. The Hall–Kier alpha value is -3.36. The number of carbonyl (C=O) groups is 1. The van der Waals surface area contributed by atoms with Gasteiger partial charge in [0.1, 0.15) is 5.60 Å². The molecule has 0 saturated heterocycles. The van der Waals surface area contributed by atoms with Gasteiger partial charge in [-0.05, 0) is 45.0 Å². The number of halogens is 1. The summed E-state index contributed by atoms with van der Waals surface area (Å²) in [6.45, 7) is 5.37. The standard InChI is InChI=1S/C24H22ClN3O4S/c1-24(2,3)32-23(29)20-17-11-7-8-12-18(17)27-21(20)15-13-19(22(25)26-14-15)28-33(30,31)16-9-5-4-6-10-16/h4-14,27-28H,1-3H3. The lowest BCUT2D eigenvalue weighted by Crippen LogP contribution is -2.24. The highest BCUT2D eigenvalue weighted by Crippen LogP contribution is 2.34. The molecule has 0 atom stereocenters. The van der Waals surface area contributed by atoms with Gasteiger partial charge in [-0.3, -0.25) is 4.72 Å². The van der Waals surface area contributed by atoms with E-state index in [1.54, 1.807) is 39.0 Å². The van der Waals surface area contributed by atoms with Crippen LogP contribution in [0.25, 0.3) is 22.2 Å². The quantitative estimate of drug-likeness (QED) is 0.282. The van der Waals surface area contributed by atoms with Crippen molar-refractivity contribution in [3.05, 3.63) is 77.6 Å². The average Bonchev–Trinajstić information content (AvgIpc) is 3.14. The maximum absolute atomic E-state index is 13.1. The van der Waals surface area contributed by atoms with E-state index in [9.17, 15) is 13.2 Å². The van der Waals surface area contributed by atoms with Gasteiger partial charge < -0.3 is 9.72 Å². The third kappa shape index (κ3) is 4.86. The molecule has 0 spiro atoms. The molecule has 0 radical (unpaired) electrons. The molecule has 9 heteroatoms. The normalized spacial score (nSPS) is 12.0. The van der Waals surface area contributed by atoms with Crippen LogP contribution in [0, 0.1) is 0 Å². The lowest BCUT2D eigenvalue weighted by atomic mass is 10.1. The Morgan fingerprint density at radius 2 is 1.73 bits per heavy atom. The number of aromatic amines is 1. The fourth-order valence-electron chi connectivity index (χ4n) is 3.36. The van der Waals surface area contributed by atoms with E-state index >= 15 is 0 Å². The SMILES string of the molecule is CC(C)(C)OC(=O)c1c(-c2cnc(Cl)c(NS(=O)(=O)c3ccccc3)c2)[nH]c2ccccc12. The third-order valence-corrected chi connectivity index (χ3v) is 6.42. The van der Waals surface area contributed by atoms with E-state index in [0.717, 1.165) is 5.52 Å². The topological polar surface area (TPSA) is 101 Å². The number of carbonyl (C=O) groups excluding carboxylic acids is 1. The summed E-state index contributed by atoms with van der Waals surface area (Å²) in [5.41, 5.74) is 1.39. The van der Waals surface area contributed by atoms with E-state index in [-0.39, 0.29) is 15.7 Å². The van der Waals surface area contributed by atoms with Crippen molar-refractivity contribution in [2.24, 2.45) is 0 Å². The summed E-state index contributed by atoms with van der Waals surface area (Å²) in [5, 5.41) is 0.663. The lowest BCUT2D eigenvalue weighted by molar-refractivity contribution is 0.00728. The van der Waals surface area contributed by atoms with Crippen LogP contribution in [0.2, 0.25) is 5.15 Å². The molecule has 0 aliphatic carbocycles. The summed E-state index contributed by atoms with van der Waals surface area (Å²) in [4.78, 5) is 20.6. The summed E-state index contributed by atoms with van der Waals surface area (Å²) in [6, 6.07) is 16.8. The van der Waals surface area contributed by atoms with Gasteiger partial charge in [0.05, 0.1) is 21.8 Å². The van der Waals surface area contributed by atoms with Gasteiger partial charge in [-0.25, -0.2) is 18.2 Å². The molecule has 4 rings (SSSR count). The Labute approximate surface area is 196 Å². The number of fused-ring (bicyclic) bond motifs is 1. The number of hydrogen-bond donors (Lipinski definition) is 2. The number of H-pyrrole nitrogens is 1. The van der Waals surface area contributed by atoms with E-state index in [1.807, 2.05) is 24.3 Å². The van der Waals surface area contributed by atoms with Crippen LogP contribution in [0.4, 0.5) is 5.69 Å². The minimum Gasteiger partial charge on any atom is -0.456 e. The predicted octanol–water partition coefficient (Wildman–Crippen LogP) is 5.64. The first-order valence-corrected chi connectivity index (χ1v) is 12.0. The van der Waals surface area contributed by atoms with E-state index in [0.29, 0.717) is 22.2 Å². The number of nitrogens with zero attached hydrogens (tertiary/aromatic N) is 1. The minimum atomic E-state index is -3.89. The zero-order chi connectivity index (χ0) is 23.8. The van der Waals surface area contributed by atoms with Gasteiger partial charge >= 0.3 is 5.97 Å². The van der Waals surface area contributed by atoms with E-state index in [1.165, 1.54) is 24.4 Å². The Morgan fingerprint density at radius 1 is 1.06 bits per heavy atom. The summed E-state index contributed by atoms with van der Waals surface area (Å²) in [5.74, 6) is -0.503. The van der Waals surface area contributed by atoms with Crippen molar-refractivity contribution in [2.75, 3.05) is 4.72 Å². The molecule has 7 nitrogen and oxygen atoms in total. The van der Waals surface area contributed by atoms with Crippen molar-refractivity contribution in [1.29, 1.82) is 0 Å². The molecular weight excluding hydrogens is 462 g/mol. The molecule has 2 heterocycles. The second-order valence-corrected chi connectivity index (χ2v) is 10.4. The molecule has 2 aromatic carbocycles. The Bertz CT molecular complexity index is 1440. The fourth-order valence-corrected chi connectivity index (χ4v) is 4.64. The van der Waals surface area contributed by atoms with Crippen LogP contribution in [0.15, 0.2) is 71.8 Å². The second kappa shape index (κ2) is 8.53. The lowest BCUT2D eigenvalue weighted by Gasteiger charge is -2.20. The van der Waals surface area contributed by atoms with Crippen LogP contribution >= 0.6 is 11.6 Å². The molecule has 2 aromatic heterocycles. The number of anilines is 1. The maximum Gasteiger partial charge on any atom is 0.341 e. The van der Waals surface area contributed by atoms with Crippen molar-refractivity contribution >= 4 is 44.2 Å². The first-order chi connectivity index (χ1) is 15.5. The van der Waals surface area contributed by atoms with Crippen molar-refractivity contribution in [1.82, 2.24) is 9.97 Å². The number of benzene rings is 2. The van der Waals surface area contributed by atoms with Crippen LogP contribution in [-0.4, -0.2) is 30.0 Å². The zero-order valence-electron chi connectivity index (χ0n) is 18.2. The van der Waals surface area contributed by atoms with Crippen LogP contribution in [0.1, 0.15) is 31.1 Å². The predicted molar refractivity (Wildman–Crippen MR) is 129 cm³/mol. The molecule has 33 heavy (non-hydrogen) atoms. The van der Waals surface area contributed by atoms with Crippen LogP contribution in [0.3, 0.4) is 0 Å². The van der Waals surface area contributed by atoms with Gasteiger partial charge in [0, 0.05) is 22.7 Å². The average molecular weight is 484 g/mol. The zero-order valence-corrected chi connectivity index (χ0v) is 19.8. The molecule has 2 N–H and O–H groups in total. The summed E-state index contributed by atoms with van der Waals surface area (Å²) in [6.07, 6.45) is 1.47. The molecule has 170 valence electrons. The first kappa shape index (κ1) is 22.8. The summed E-state index contributed by atoms with van der Waals surface area (Å²) >= 11 is 6.21. The van der Waals surface area contributed by atoms with E-state index < -0.39 is 21.6 Å². The number of hydrogen-bond acceptors (Lipinski definition) is 5. The molecule has 0 aliphatic heterocycles. The van der Waals surface area contributed by atoms with Gasteiger partial charge in [-0.15, -0.1) is 0 Å². The smallest absolute Gasteiger partial charge is 0.341 e. The Morgan fingerprint density at radius 3 is 2.42 bits per heavy atom. The molecule has 0 fully saturated rings. The summed E-state index contributed by atoms with van der Waals surface area (Å²) < 4.78 is 33.7. The Balaban J connectivity index is 1.81. The fraction of sp³-hybridized carbons (Fsp3) is 0.167. The van der Waals surface area contributed by atoms with Gasteiger partial charge in [0.25, 0.3) is 10.0 Å². The highest BCUT2D eigenvalue weighted by Gasteiger charge is 2.26.